The maximum absolute atomic E-state index is 13.3. The fourth-order valence-electron chi connectivity index (χ4n) is 3.52. The molecule has 6 N–H and O–H groups in total. The van der Waals surface area contributed by atoms with E-state index in [1.165, 1.54) is 12.1 Å². The molecule has 1 aliphatic carbocycles. The highest BCUT2D eigenvalue weighted by Gasteiger charge is 2.21. The molecule has 1 atom stereocenters. The third-order valence-electron chi connectivity index (χ3n) is 5.49. The summed E-state index contributed by atoms with van der Waals surface area (Å²) in [5.74, 6) is 6.42. The maximum atomic E-state index is 13.3. The summed E-state index contributed by atoms with van der Waals surface area (Å²) in [6.45, 7) is 0.964. The third-order valence-corrected chi connectivity index (χ3v) is 5.49. The lowest BCUT2D eigenvalue weighted by Gasteiger charge is -2.11. The molecular weight excluding hydrogens is 391 g/mol. The molecule has 0 bridgehead atoms. The third kappa shape index (κ3) is 5.13. The first-order valence-electron chi connectivity index (χ1n) is 10.7. The number of carbonyl (C=O) groups excluding carboxylic acids is 1. The molecule has 1 aliphatic rings. The van der Waals surface area contributed by atoms with Gasteiger partial charge in [-0.05, 0) is 61.6 Å². The van der Waals surface area contributed by atoms with E-state index in [1.54, 1.807) is 12.1 Å². The van der Waals surface area contributed by atoms with Gasteiger partial charge in [-0.3, -0.25) is 4.79 Å². The van der Waals surface area contributed by atoms with Crippen LogP contribution in [0.25, 0.3) is 22.0 Å². The number of aromatic nitrogens is 1. The largest absolute Gasteiger partial charge is 0.349 e. The zero-order chi connectivity index (χ0) is 21.8. The zero-order valence-corrected chi connectivity index (χ0v) is 17.4. The van der Waals surface area contributed by atoms with Crippen LogP contribution in [0.4, 0.5) is 4.39 Å². The number of benzene rings is 2. The van der Waals surface area contributed by atoms with Gasteiger partial charge in [-0.1, -0.05) is 36.1 Å². The summed E-state index contributed by atoms with van der Waals surface area (Å²) < 4.78 is 13.3. The van der Waals surface area contributed by atoms with Gasteiger partial charge in [0.05, 0.1) is 5.56 Å². The van der Waals surface area contributed by atoms with Gasteiger partial charge in [-0.15, -0.1) is 0 Å². The molecule has 1 amide bonds. The molecule has 6 heteroatoms. The molecule has 1 fully saturated rings. The summed E-state index contributed by atoms with van der Waals surface area (Å²) in [5.41, 5.74) is 15.4. The van der Waals surface area contributed by atoms with E-state index >= 15 is 0 Å². The van der Waals surface area contributed by atoms with E-state index in [0.29, 0.717) is 30.3 Å². The average Bonchev–Trinajstić information content (AvgIpc) is 3.54. The quantitative estimate of drug-likeness (QED) is 0.442. The summed E-state index contributed by atoms with van der Waals surface area (Å²) in [5, 5.41) is 3.82. The Balaban J connectivity index is 1.64. The Labute approximate surface area is 181 Å². The number of rotatable bonds is 7. The lowest BCUT2D eigenvalue weighted by molar-refractivity contribution is 0.0946. The Morgan fingerprint density at radius 2 is 1.94 bits per heavy atom. The molecule has 0 spiro atoms. The van der Waals surface area contributed by atoms with Crippen LogP contribution in [0.5, 0.6) is 0 Å². The summed E-state index contributed by atoms with van der Waals surface area (Å²) in [4.78, 5) is 16.2. The predicted molar refractivity (Wildman–Crippen MR) is 122 cm³/mol. The number of carbonyl (C=O) groups is 1. The van der Waals surface area contributed by atoms with Gasteiger partial charge in [0.2, 0.25) is 0 Å². The minimum atomic E-state index is -0.272. The second-order valence-electron chi connectivity index (χ2n) is 8.09. The number of aromatic amines is 1. The summed E-state index contributed by atoms with van der Waals surface area (Å²) >= 11 is 0. The van der Waals surface area contributed by atoms with Crippen molar-refractivity contribution in [2.24, 2.45) is 17.4 Å². The lowest BCUT2D eigenvalue weighted by Crippen LogP contribution is -2.37. The van der Waals surface area contributed by atoms with E-state index in [0.717, 1.165) is 47.7 Å². The SMILES string of the molecule is NCCC[C@H](N)CNC(=O)c1[nH]c2cc(-c3ccc(F)cc3)ccc2c1C#CC1CC1. The molecule has 3 aromatic rings. The maximum Gasteiger partial charge on any atom is 0.269 e. The van der Waals surface area contributed by atoms with Gasteiger partial charge >= 0.3 is 0 Å². The van der Waals surface area contributed by atoms with Crippen molar-refractivity contribution in [3.63, 3.8) is 0 Å². The number of hydrogen-bond acceptors (Lipinski definition) is 3. The number of amides is 1. The van der Waals surface area contributed by atoms with Crippen molar-refractivity contribution in [2.75, 3.05) is 13.1 Å². The molecule has 160 valence electrons. The van der Waals surface area contributed by atoms with Gasteiger partial charge < -0.3 is 21.8 Å². The fourth-order valence-corrected chi connectivity index (χ4v) is 3.52. The molecule has 4 rings (SSSR count). The number of hydrogen-bond donors (Lipinski definition) is 4. The minimum Gasteiger partial charge on any atom is -0.349 e. The van der Waals surface area contributed by atoms with Crippen molar-refractivity contribution in [3.8, 4) is 23.0 Å². The van der Waals surface area contributed by atoms with Gasteiger partial charge in [-0.25, -0.2) is 4.39 Å². The van der Waals surface area contributed by atoms with Crippen molar-refractivity contribution in [2.45, 2.75) is 31.7 Å². The molecule has 1 heterocycles. The van der Waals surface area contributed by atoms with E-state index in [9.17, 15) is 9.18 Å². The summed E-state index contributed by atoms with van der Waals surface area (Å²) in [6.07, 6.45) is 3.82. The van der Waals surface area contributed by atoms with Crippen LogP contribution in [0.3, 0.4) is 0 Å². The molecule has 5 nitrogen and oxygen atoms in total. The molecule has 31 heavy (non-hydrogen) atoms. The van der Waals surface area contributed by atoms with Gasteiger partial charge in [0.15, 0.2) is 0 Å². The van der Waals surface area contributed by atoms with Crippen LogP contribution in [-0.4, -0.2) is 30.0 Å². The first-order chi connectivity index (χ1) is 15.0. The standard InChI is InChI=1S/C25H27FN4O/c26-19-9-6-17(7-10-19)18-8-12-21-22(11-5-16-3-4-16)24(30-23(21)14-18)25(31)29-15-20(28)2-1-13-27/h6-10,12,14,16,20,30H,1-4,13,15,27-28H2,(H,29,31)/t20-/m0/s1. The molecule has 1 saturated carbocycles. The summed E-state index contributed by atoms with van der Waals surface area (Å²) in [7, 11) is 0. The van der Waals surface area contributed by atoms with E-state index in [4.69, 9.17) is 11.5 Å². The first-order valence-corrected chi connectivity index (χ1v) is 10.7. The number of nitrogens with one attached hydrogen (secondary N) is 2. The zero-order valence-electron chi connectivity index (χ0n) is 17.4. The molecule has 2 aromatic carbocycles. The molecule has 1 aromatic heterocycles. The first kappa shape index (κ1) is 21.1. The molecule has 0 aliphatic heterocycles. The van der Waals surface area contributed by atoms with Crippen molar-refractivity contribution in [1.29, 1.82) is 0 Å². The van der Waals surface area contributed by atoms with Crippen LogP contribution >= 0.6 is 0 Å². The second kappa shape index (κ2) is 9.34. The van der Waals surface area contributed by atoms with Gasteiger partial charge in [0.25, 0.3) is 5.91 Å². The van der Waals surface area contributed by atoms with Crippen molar-refractivity contribution in [3.05, 3.63) is 59.5 Å². The number of halogens is 1. The number of H-pyrrole nitrogens is 1. The summed E-state index contributed by atoms with van der Waals surface area (Å²) in [6, 6.07) is 12.1. The smallest absolute Gasteiger partial charge is 0.269 e. The highest BCUT2D eigenvalue weighted by atomic mass is 19.1. The van der Waals surface area contributed by atoms with Crippen LogP contribution in [0, 0.1) is 23.6 Å². The Morgan fingerprint density at radius 3 is 2.65 bits per heavy atom. The van der Waals surface area contributed by atoms with Gasteiger partial charge in [0, 0.05) is 29.4 Å². The number of nitrogens with two attached hydrogens (primary N) is 2. The Bertz CT molecular complexity index is 1140. The highest BCUT2D eigenvalue weighted by Crippen LogP contribution is 2.30. The van der Waals surface area contributed by atoms with E-state index < -0.39 is 0 Å². The molecule has 0 unspecified atom stereocenters. The van der Waals surface area contributed by atoms with Crippen LogP contribution < -0.4 is 16.8 Å². The average molecular weight is 419 g/mol. The second-order valence-corrected chi connectivity index (χ2v) is 8.09. The fraction of sp³-hybridized carbons (Fsp3) is 0.320. The van der Waals surface area contributed by atoms with E-state index in [1.807, 2.05) is 18.2 Å². The Hall–Kier alpha value is -3.14. The highest BCUT2D eigenvalue weighted by molar-refractivity contribution is 6.03. The van der Waals surface area contributed by atoms with Crippen molar-refractivity contribution in [1.82, 2.24) is 10.3 Å². The lowest BCUT2D eigenvalue weighted by atomic mass is 10.0. The number of fused-ring (bicyclic) bond motifs is 1. The predicted octanol–water partition coefficient (Wildman–Crippen LogP) is 3.53. The normalized spacial score (nSPS) is 14.2. The molecule has 0 radical (unpaired) electrons. The van der Waals surface area contributed by atoms with Crippen LogP contribution in [0.1, 0.15) is 41.7 Å². The van der Waals surface area contributed by atoms with Gasteiger partial charge in [0.1, 0.15) is 11.5 Å². The van der Waals surface area contributed by atoms with Crippen LogP contribution in [0.2, 0.25) is 0 Å². The van der Waals surface area contributed by atoms with E-state index in [-0.39, 0.29) is 17.8 Å². The Kier molecular flexibility index (Phi) is 6.36. The van der Waals surface area contributed by atoms with Crippen LogP contribution in [-0.2, 0) is 0 Å². The Morgan fingerprint density at radius 1 is 1.19 bits per heavy atom. The topological polar surface area (TPSA) is 96.9 Å². The van der Waals surface area contributed by atoms with E-state index in [2.05, 4.69) is 22.1 Å². The van der Waals surface area contributed by atoms with Gasteiger partial charge in [-0.2, -0.15) is 0 Å². The van der Waals surface area contributed by atoms with Crippen molar-refractivity contribution >= 4 is 16.8 Å². The monoisotopic (exact) mass is 418 g/mol. The van der Waals surface area contributed by atoms with Crippen molar-refractivity contribution < 1.29 is 9.18 Å². The molecule has 0 saturated heterocycles. The minimum absolute atomic E-state index is 0.136. The molecular formula is C25H27FN4O. The van der Waals surface area contributed by atoms with Crippen LogP contribution in [0.15, 0.2) is 42.5 Å².